The number of rotatable bonds is 5. The molecule has 182 valence electrons. The molecule has 1 aromatic heterocycles. The molecule has 1 amide bonds. The van der Waals surface area contributed by atoms with Gasteiger partial charge in [0, 0.05) is 22.9 Å². The molecule has 4 rings (SSSR count). The molecule has 4 N–H and O–H groups in total. The van der Waals surface area contributed by atoms with Gasteiger partial charge in [0.1, 0.15) is 5.75 Å². The summed E-state index contributed by atoms with van der Waals surface area (Å²) in [5, 5.41) is 0.779. The Hall–Kier alpha value is -2.78. The normalized spacial score (nSPS) is 18.0. The number of amides is 1. The third-order valence-electron chi connectivity index (χ3n) is 6.67. The maximum Gasteiger partial charge on any atom is 0.237 e. The first-order valence-corrected chi connectivity index (χ1v) is 12.7. The van der Waals surface area contributed by atoms with Crippen LogP contribution in [0.25, 0.3) is 11.3 Å². The van der Waals surface area contributed by atoms with E-state index >= 15 is 0 Å². The van der Waals surface area contributed by atoms with Gasteiger partial charge in [-0.3, -0.25) is 14.7 Å². The zero-order chi connectivity index (χ0) is 24.5. The van der Waals surface area contributed by atoms with Crippen molar-refractivity contribution in [2.75, 3.05) is 19.7 Å². The van der Waals surface area contributed by atoms with Gasteiger partial charge in [0.05, 0.1) is 24.2 Å². The number of nitrogens with two attached hydrogens (primary N) is 2. The number of piperidine rings is 1. The Balaban J connectivity index is 1.58. The molecule has 1 saturated heterocycles. The standard InChI is InChI=1S/C25H34N6O2S/c1-15(2)29-22(28-14-26)23-30-21-18-6-5-17(13-19(18)33-12-9-20(21)34-23)16-7-10-31(11-8-16)25(3,4)24(27)32/h5-6,13-16H,7-12H2,1-4H3,(H2,27,32)(H2,26,28,29). The van der Waals surface area contributed by atoms with Crippen molar-refractivity contribution in [1.29, 1.82) is 0 Å². The molecule has 2 aromatic rings. The molecule has 2 aliphatic rings. The Morgan fingerprint density at radius 1 is 1.32 bits per heavy atom. The number of carbonyl (C=O) groups is 1. The van der Waals surface area contributed by atoms with E-state index in [2.05, 4.69) is 33.1 Å². The lowest BCUT2D eigenvalue weighted by Gasteiger charge is -2.41. The van der Waals surface area contributed by atoms with Gasteiger partial charge >= 0.3 is 0 Å². The topological polar surface area (TPSA) is 119 Å². The van der Waals surface area contributed by atoms with Crippen molar-refractivity contribution in [3.8, 4) is 17.0 Å². The van der Waals surface area contributed by atoms with E-state index in [0.717, 1.165) is 54.4 Å². The molecule has 3 heterocycles. The van der Waals surface area contributed by atoms with Crippen molar-refractivity contribution in [3.63, 3.8) is 0 Å². The van der Waals surface area contributed by atoms with Crippen LogP contribution in [0, 0.1) is 0 Å². The predicted octanol–water partition coefficient (Wildman–Crippen LogP) is 3.33. The number of fused-ring (bicyclic) bond motifs is 3. The van der Waals surface area contributed by atoms with Crippen LogP contribution in [0.2, 0.25) is 0 Å². The number of carbonyl (C=O) groups excluding carboxylic acids is 1. The van der Waals surface area contributed by atoms with Crippen LogP contribution in [0.3, 0.4) is 0 Å². The minimum absolute atomic E-state index is 0.0977. The van der Waals surface area contributed by atoms with Crippen LogP contribution in [0.15, 0.2) is 28.2 Å². The summed E-state index contributed by atoms with van der Waals surface area (Å²) < 4.78 is 6.16. The zero-order valence-corrected chi connectivity index (χ0v) is 21.2. The van der Waals surface area contributed by atoms with Gasteiger partial charge < -0.3 is 16.2 Å². The number of thiazole rings is 1. The smallest absolute Gasteiger partial charge is 0.237 e. The molecular formula is C25H34N6O2S. The zero-order valence-electron chi connectivity index (χ0n) is 20.4. The largest absolute Gasteiger partial charge is 0.492 e. The number of ether oxygens (including phenoxy) is 1. The van der Waals surface area contributed by atoms with Gasteiger partial charge in [0.15, 0.2) is 10.8 Å². The second-order valence-corrected chi connectivity index (χ2v) is 10.7. The highest BCUT2D eigenvalue weighted by Crippen LogP contribution is 2.41. The quantitative estimate of drug-likeness (QED) is 0.500. The number of likely N-dealkylation sites (tertiary alicyclic amines) is 1. The molecule has 0 bridgehead atoms. The van der Waals surface area contributed by atoms with E-state index < -0.39 is 5.54 Å². The van der Waals surface area contributed by atoms with Crippen molar-refractivity contribution < 1.29 is 9.53 Å². The Bertz CT molecular complexity index is 1110. The van der Waals surface area contributed by atoms with Crippen LogP contribution in [-0.2, 0) is 11.2 Å². The number of hydrogen-bond donors (Lipinski definition) is 2. The highest BCUT2D eigenvalue weighted by atomic mass is 32.1. The Morgan fingerprint density at radius 2 is 2.06 bits per heavy atom. The predicted molar refractivity (Wildman–Crippen MR) is 138 cm³/mol. The summed E-state index contributed by atoms with van der Waals surface area (Å²) in [5.41, 5.74) is 13.8. The van der Waals surface area contributed by atoms with Gasteiger partial charge in [-0.05, 0) is 77.2 Å². The highest BCUT2D eigenvalue weighted by Gasteiger charge is 2.35. The lowest BCUT2D eigenvalue weighted by molar-refractivity contribution is -0.129. The van der Waals surface area contributed by atoms with E-state index in [9.17, 15) is 4.79 Å². The van der Waals surface area contributed by atoms with Crippen LogP contribution >= 0.6 is 11.3 Å². The summed E-state index contributed by atoms with van der Waals surface area (Å²) in [6.07, 6.45) is 4.02. The highest BCUT2D eigenvalue weighted by molar-refractivity contribution is 7.14. The number of aliphatic imine (C=N–C) groups is 2. The van der Waals surface area contributed by atoms with Gasteiger partial charge in [-0.2, -0.15) is 0 Å². The molecule has 0 atom stereocenters. The van der Waals surface area contributed by atoms with Gasteiger partial charge in [0.2, 0.25) is 5.91 Å². The Labute approximate surface area is 205 Å². The van der Waals surface area contributed by atoms with Gasteiger partial charge in [-0.1, -0.05) is 6.07 Å². The molecule has 1 aromatic carbocycles. The summed E-state index contributed by atoms with van der Waals surface area (Å²) in [4.78, 5) is 29.0. The van der Waals surface area contributed by atoms with Crippen LogP contribution in [0.1, 0.15) is 61.9 Å². The van der Waals surface area contributed by atoms with E-state index in [0.29, 0.717) is 18.4 Å². The summed E-state index contributed by atoms with van der Waals surface area (Å²) in [5.74, 6) is 1.59. The second kappa shape index (κ2) is 9.84. The third kappa shape index (κ3) is 4.86. The lowest BCUT2D eigenvalue weighted by atomic mass is 9.86. The maximum atomic E-state index is 11.8. The van der Waals surface area contributed by atoms with Crippen molar-refractivity contribution in [1.82, 2.24) is 9.88 Å². The fourth-order valence-electron chi connectivity index (χ4n) is 4.58. The van der Waals surface area contributed by atoms with E-state index in [1.54, 1.807) is 11.3 Å². The Morgan fingerprint density at radius 3 is 2.71 bits per heavy atom. The number of hydrogen-bond acceptors (Lipinski definition) is 6. The number of nitrogens with zero attached hydrogens (tertiary/aromatic N) is 4. The minimum atomic E-state index is -0.619. The number of amidine groups is 1. The van der Waals surface area contributed by atoms with Crippen molar-refractivity contribution >= 4 is 29.4 Å². The van der Waals surface area contributed by atoms with Gasteiger partial charge in [0.25, 0.3) is 0 Å². The molecule has 0 radical (unpaired) electrons. The fraction of sp³-hybridized carbons (Fsp3) is 0.520. The monoisotopic (exact) mass is 482 g/mol. The first kappa shape index (κ1) is 24.3. The average molecular weight is 483 g/mol. The first-order chi connectivity index (χ1) is 16.2. The second-order valence-electron chi connectivity index (χ2n) is 9.65. The average Bonchev–Trinajstić information content (AvgIpc) is 3.14. The molecule has 2 aliphatic heterocycles. The number of benzene rings is 1. The summed E-state index contributed by atoms with van der Waals surface area (Å²) in [6, 6.07) is 6.59. The third-order valence-corrected chi connectivity index (χ3v) is 7.78. The lowest BCUT2D eigenvalue weighted by Crippen LogP contribution is -2.55. The van der Waals surface area contributed by atoms with E-state index in [1.807, 2.05) is 27.7 Å². The van der Waals surface area contributed by atoms with Crippen LogP contribution < -0.4 is 16.2 Å². The summed E-state index contributed by atoms with van der Waals surface area (Å²) >= 11 is 1.60. The number of aromatic nitrogens is 1. The molecule has 1 fully saturated rings. The molecule has 0 saturated carbocycles. The number of primary amides is 1. The summed E-state index contributed by atoms with van der Waals surface area (Å²) in [6.45, 7) is 10.1. The van der Waals surface area contributed by atoms with Crippen molar-refractivity contribution in [3.05, 3.63) is 33.6 Å². The van der Waals surface area contributed by atoms with E-state index in [1.165, 1.54) is 16.8 Å². The van der Waals surface area contributed by atoms with Crippen LogP contribution in [0.5, 0.6) is 5.75 Å². The maximum absolute atomic E-state index is 11.8. The van der Waals surface area contributed by atoms with Crippen molar-refractivity contribution in [2.24, 2.45) is 21.5 Å². The van der Waals surface area contributed by atoms with Crippen LogP contribution in [-0.4, -0.2) is 59.2 Å². The first-order valence-electron chi connectivity index (χ1n) is 11.8. The Kier molecular flexibility index (Phi) is 7.04. The minimum Gasteiger partial charge on any atom is -0.492 e. The molecule has 0 aliphatic carbocycles. The molecule has 0 unspecified atom stereocenters. The molecule has 8 nitrogen and oxygen atoms in total. The molecule has 0 spiro atoms. The van der Waals surface area contributed by atoms with Crippen LogP contribution in [0.4, 0.5) is 0 Å². The molecule has 34 heavy (non-hydrogen) atoms. The SMILES string of the molecule is CC(C)N=C(N=CN)c1nc2c(s1)CCOc1cc(C3CCN(C(C)(C)C(N)=O)CC3)ccc1-2. The fourth-order valence-corrected chi connectivity index (χ4v) is 5.58. The van der Waals surface area contributed by atoms with E-state index in [-0.39, 0.29) is 11.9 Å². The van der Waals surface area contributed by atoms with E-state index in [4.69, 9.17) is 21.2 Å². The van der Waals surface area contributed by atoms with Gasteiger partial charge in [-0.15, -0.1) is 11.3 Å². The molecule has 9 heteroatoms. The molecular weight excluding hydrogens is 448 g/mol. The summed E-state index contributed by atoms with van der Waals surface area (Å²) in [7, 11) is 0. The van der Waals surface area contributed by atoms with Crippen molar-refractivity contribution in [2.45, 2.75) is 64.5 Å². The van der Waals surface area contributed by atoms with Gasteiger partial charge in [-0.25, -0.2) is 9.98 Å².